The summed E-state index contributed by atoms with van der Waals surface area (Å²) in [5, 5.41) is 11.4. The number of fused-ring (bicyclic) bond motifs is 4. The Morgan fingerprint density at radius 1 is 1.03 bits per heavy atom. The number of ketones is 2. The number of para-hydroxylation sites is 2. The molecule has 6 heteroatoms. The Kier molecular flexibility index (Phi) is 5.83. The minimum Gasteiger partial charge on any atom is -0.507 e. The van der Waals surface area contributed by atoms with Gasteiger partial charge in [0.2, 0.25) is 11.8 Å². The van der Waals surface area contributed by atoms with Crippen LogP contribution in [-0.4, -0.2) is 28.5 Å². The Labute approximate surface area is 227 Å². The Balaban J connectivity index is 1.53. The number of rotatable bonds is 4. The fourth-order valence-corrected chi connectivity index (χ4v) is 7.74. The van der Waals surface area contributed by atoms with Crippen molar-refractivity contribution in [2.75, 3.05) is 4.90 Å². The van der Waals surface area contributed by atoms with Crippen LogP contribution in [0.1, 0.15) is 43.7 Å². The van der Waals surface area contributed by atoms with Gasteiger partial charge >= 0.3 is 0 Å². The number of allylic oxidation sites excluding steroid dienone is 5. The lowest BCUT2D eigenvalue weighted by Gasteiger charge is -2.53. The number of carbonyl (C=O) groups excluding carboxylic acids is 4. The van der Waals surface area contributed by atoms with Gasteiger partial charge in [-0.3, -0.25) is 24.1 Å². The molecule has 2 amide bonds. The van der Waals surface area contributed by atoms with E-state index in [-0.39, 0.29) is 29.1 Å². The van der Waals surface area contributed by atoms with Gasteiger partial charge in [0.1, 0.15) is 5.75 Å². The summed E-state index contributed by atoms with van der Waals surface area (Å²) in [6.07, 6.45) is 6.26. The van der Waals surface area contributed by atoms with Crippen LogP contribution in [0.15, 0.2) is 84.5 Å². The van der Waals surface area contributed by atoms with Gasteiger partial charge in [0.25, 0.3) is 0 Å². The number of phenolic OH excluding ortho intramolecular Hbond substituents is 1. The molecule has 2 fully saturated rings. The average molecular weight is 522 g/mol. The molecule has 1 heterocycles. The van der Waals surface area contributed by atoms with E-state index in [2.05, 4.69) is 6.58 Å². The molecule has 2 aromatic carbocycles. The van der Waals surface area contributed by atoms with E-state index in [1.807, 2.05) is 37.3 Å². The Bertz CT molecular complexity index is 1500. The molecule has 6 atom stereocenters. The maximum Gasteiger partial charge on any atom is 0.238 e. The largest absolute Gasteiger partial charge is 0.507 e. The highest BCUT2D eigenvalue weighted by atomic mass is 16.3. The van der Waals surface area contributed by atoms with Gasteiger partial charge < -0.3 is 5.11 Å². The lowest BCUT2D eigenvalue weighted by atomic mass is 9.47. The fourth-order valence-electron chi connectivity index (χ4n) is 7.74. The van der Waals surface area contributed by atoms with Crippen LogP contribution in [0.5, 0.6) is 5.75 Å². The molecule has 39 heavy (non-hydrogen) atoms. The summed E-state index contributed by atoms with van der Waals surface area (Å²) >= 11 is 0. The molecule has 3 aliphatic carbocycles. The number of carbonyl (C=O) groups is 4. The number of benzene rings is 2. The van der Waals surface area contributed by atoms with Gasteiger partial charge in [-0.2, -0.15) is 0 Å². The molecular weight excluding hydrogens is 490 g/mol. The Morgan fingerprint density at radius 2 is 1.77 bits per heavy atom. The van der Waals surface area contributed by atoms with Gasteiger partial charge in [0, 0.05) is 17.4 Å². The zero-order valence-electron chi connectivity index (χ0n) is 22.1. The number of phenols is 1. The summed E-state index contributed by atoms with van der Waals surface area (Å²) < 4.78 is 0. The summed E-state index contributed by atoms with van der Waals surface area (Å²) in [5.41, 5.74) is 1.94. The molecule has 0 unspecified atom stereocenters. The molecule has 4 aliphatic rings. The number of nitrogens with zero attached hydrogens (tertiary/aromatic N) is 1. The van der Waals surface area contributed by atoms with Crippen LogP contribution in [-0.2, 0) is 25.6 Å². The molecular formula is C33H31NO5. The summed E-state index contributed by atoms with van der Waals surface area (Å²) in [6, 6.07) is 14.4. The summed E-state index contributed by atoms with van der Waals surface area (Å²) in [5.74, 6) is -3.50. The van der Waals surface area contributed by atoms with Gasteiger partial charge in [-0.05, 0) is 61.4 Å². The zero-order valence-corrected chi connectivity index (χ0v) is 22.1. The smallest absolute Gasteiger partial charge is 0.238 e. The van der Waals surface area contributed by atoms with Crippen molar-refractivity contribution in [2.24, 2.45) is 29.1 Å². The highest BCUT2D eigenvalue weighted by Gasteiger charge is 2.63. The topological polar surface area (TPSA) is 91.8 Å². The Hall–Kier alpha value is -4.06. The van der Waals surface area contributed by atoms with Crippen molar-refractivity contribution in [1.29, 1.82) is 0 Å². The Morgan fingerprint density at radius 3 is 2.49 bits per heavy atom. The second-order valence-corrected chi connectivity index (χ2v) is 11.4. The highest BCUT2D eigenvalue weighted by Crippen LogP contribution is 2.63. The molecule has 1 N–H and O–H groups in total. The second kappa shape index (κ2) is 9.01. The fraction of sp³-hybridized carbons (Fsp3) is 0.333. The maximum atomic E-state index is 13.9. The molecule has 1 saturated carbocycles. The average Bonchev–Trinajstić information content (AvgIpc) is 3.18. The third-order valence-corrected chi connectivity index (χ3v) is 9.48. The van der Waals surface area contributed by atoms with Gasteiger partial charge in [0.05, 0.1) is 22.9 Å². The number of imide groups is 1. The van der Waals surface area contributed by atoms with Crippen LogP contribution >= 0.6 is 0 Å². The molecule has 1 saturated heterocycles. The molecule has 0 spiro atoms. The molecule has 0 aromatic heterocycles. The van der Waals surface area contributed by atoms with Crippen molar-refractivity contribution < 1.29 is 24.3 Å². The van der Waals surface area contributed by atoms with Gasteiger partial charge in [-0.1, -0.05) is 61.0 Å². The number of amides is 2. The van der Waals surface area contributed by atoms with E-state index in [4.69, 9.17) is 0 Å². The van der Waals surface area contributed by atoms with Crippen molar-refractivity contribution in [3.8, 4) is 5.75 Å². The van der Waals surface area contributed by atoms with Gasteiger partial charge in [-0.15, -0.1) is 6.58 Å². The predicted octanol–water partition coefficient (Wildman–Crippen LogP) is 5.08. The molecule has 2 aromatic rings. The highest BCUT2D eigenvalue weighted by molar-refractivity contribution is 6.22. The quantitative estimate of drug-likeness (QED) is 0.448. The van der Waals surface area contributed by atoms with E-state index in [0.29, 0.717) is 41.6 Å². The lowest BCUT2D eigenvalue weighted by molar-refractivity contribution is -0.141. The third kappa shape index (κ3) is 3.47. The number of hydrogen-bond acceptors (Lipinski definition) is 5. The maximum absolute atomic E-state index is 13.9. The summed E-state index contributed by atoms with van der Waals surface area (Å²) in [7, 11) is 0. The van der Waals surface area contributed by atoms with E-state index in [1.54, 1.807) is 37.3 Å². The normalized spacial score (nSPS) is 31.7. The molecule has 0 bridgehead atoms. The first-order chi connectivity index (χ1) is 18.7. The lowest BCUT2D eigenvalue weighted by Crippen LogP contribution is -2.54. The number of anilines is 1. The summed E-state index contributed by atoms with van der Waals surface area (Å²) in [4.78, 5) is 56.2. The molecule has 6 nitrogen and oxygen atoms in total. The van der Waals surface area contributed by atoms with Crippen LogP contribution in [0.25, 0.3) is 0 Å². The van der Waals surface area contributed by atoms with Crippen LogP contribution in [0, 0.1) is 29.1 Å². The molecule has 0 radical (unpaired) electrons. The van der Waals surface area contributed by atoms with E-state index in [9.17, 15) is 24.3 Å². The second-order valence-electron chi connectivity index (χ2n) is 11.4. The van der Waals surface area contributed by atoms with Gasteiger partial charge in [-0.25, -0.2) is 0 Å². The van der Waals surface area contributed by atoms with Gasteiger partial charge in [0.15, 0.2) is 11.6 Å². The first-order valence-electron chi connectivity index (χ1n) is 13.5. The van der Waals surface area contributed by atoms with E-state index in [0.717, 1.165) is 5.57 Å². The number of hydrogen-bond donors (Lipinski definition) is 1. The molecule has 198 valence electrons. The van der Waals surface area contributed by atoms with E-state index < -0.39 is 35.0 Å². The van der Waals surface area contributed by atoms with Crippen molar-refractivity contribution in [1.82, 2.24) is 0 Å². The van der Waals surface area contributed by atoms with E-state index in [1.165, 1.54) is 11.0 Å². The number of aromatic hydroxyl groups is 1. The third-order valence-electron chi connectivity index (χ3n) is 9.48. The zero-order chi connectivity index (χ0) is 27.6. The standard InChI is InChI=1S/C33H31NO5/c1-4-9-19-10-8-13-23(29(19)36)28-21-14-15-22-27(32(39)34(31(22)38)20-11-6-5-7-12-20)24(21)17-25-26(35)16-18(2)30(37)33(25,28)3/h4-8,10-14,16,22,24-25,27-28,36H,1,9,15,17H2,2-3H3/t22-,24+,25-,27-,28+,33+/m0/s1. The first-order valence-corrected chi connectivity index (χ1v) is 13.5. The monoisotopic (exact) mass is 521 g/mol. The van der Waals surface area contributed by atoms with Crippen LogP contribution in [0.2, 0.25) is 0 Å². The first kappa shape index (κ1) is 25.2. The number of Topliss-reactive ketones (excluding diaryl/α,β-unsaturated/α-hetero) is 1. The predicted molar refractivity (Wildman–Crippen MR) is 147 cm³/mol. The van der Waals surface area contributed by atoms with Crippen molar-refractivity contribution in [3.63, 3.8) is 0 Å². The van der Waals surface area contributed by atoms with Crippen LogP contribution < -0.4 is 4.90 Å². The SMILES string of the molecule is C=CCc1cccc([C@H]2C3=CC[C@@H]4C(=O)N(c5ccccc5)C(=O)[C@@H]4[C@@H]3C[C@H]3C(=O)C=C(C)C(=O)[C@@]23C)c1O. The van der Waals surface area contributed by atoms with Crippen LogP contribution in [0.4, 0.5) is 5.69 Å². The minimum absolute atomic E-state index is 0.0817. The minimum atomic E-state index is -1.12. The molecule has 6 rings (SSSR count). The van der Waals surface area contributed by atoms with Crippen molar-refractivity contribution >= 4 is 29.1 Å². The van der Waals surface area contributed by atoms with Crippen molar-refractivity contribution in [3.05, 3.63) is 95.6 Å². The summed E-state index contributed by atoms with van der Waals surface area (Å²) in [6.45, 7) is 7.30. The van der Waals surface area contributed by atoms with Crippen LogP contribution in [0.3, 0.4) is 0 Å². The van der Waals surface area contributed by atoms with Crippen molar-refractivity contribution in [2.45, 2.75) is 39.0 Å². The molecule has 1 aliphatic heterocycles. The van der Waals surface area contributed by atoms with E-state index >= 15 is 0 Å².